The average Bonchev–Trinajstić information content (AvgIpc) is 3.31. The third-order valence-corrected chi connectivity index (χ3v) is 4.68. The lowest BCUT2D eigenvalue weighted by Crippen LogP contribution is -2.31. The predicted octanol–water partition coefficient (Wildman–Crippen LogP) is 5.30. The van der Waals surface area contributed by atoms with Crippen LogP contribution in [0.5, 0.6) is 0 Å². The van der Waals surface area contributed by atoms with Crippen molar-refractivity contribution in [1.29, 1.82) is 0 Å². The minimum Gasteiger partial charge on any atom is -0.345 e. The van der Waals surface area contributed by atoms with E-state index >= 15 is 0 Å². The van der Waals surface area contributed by atoms with Crippen molar-refractivity contribution < 1.29 is 14.0 Å². The average molecular weight is 401 g/mol. The molecule has 0 bridgehead atoms. The highest BCUT2D eigenvalue weighted by Gasteiger charge is 2.22. The number of H-pyrrole nitrogens is 1. The highest BCUT2D eigenvalue weighted by molar-refractivity contribution is 6.05. The summed E-state index contributed by atoms with van der Waals surface area (Å²) in [7, 11) is 0. The number of amides is 1. The van der Waals surface area contributed by atoms with Gasteiger partial charge in [-0.25, -0.2) is 9.37 Å². The van der Waals surface area contributed by atoms with Crippen LogP contribution in [0.15, 0.2) is 85.2 Å². The first-order chi connectivity index (χ1) is 14.6. The molecule has 4 aromatic rings. The summed E-state index contributed by atoms with van der Waals surface area (Å²) in [6.45, 7) is 2.02. The number of nitrogens with one attached hydrogen (secondary N) is 1. The molecule has 1 heterocycles. The van der Waals surface area contributed by atoms with Crippen molar-refractivity contribution >= 4 is 11.6 Å². The Hall–Kier alpha value is -3.77. The van der Waals surface area contributed by atoms with Gasteiger partial charge in [-0.05, 0) is 48.4 Å². The van der Waals surface area contributed by atoms with Gasteiger partial charge >= 0.3 is 0 Å². The van der Waals surface area contributed by atoms with Crippen LogP contribution in [0, 0.1) is 12.7 Å². The number of imidazole rings is 1. The largest absolute Gasteiger partial charge is 0.345 e. The lowest BCUT2D eigenvalue weighted by molar-refractivity contribution is 0.0598. The van der Waals surface area contributed by atoms with Gasteiger partial charge in [0.2, 0.25) is 0 Å². The zero-order valence-corrected chi connectivity index (χ0v) is 16.4. The number of aryl methyl sites for hydroxylation is 1. The number of hydrogen-bond acceptors (Lipinski definition) is 3. The van der Waals surface area contributed by atoms with Gasteiger partial charge in [0, 0.05) is 23.5 Å². The molecule has 0 aliphatic heterocycles. The molecule has 0 saturated heterocycles. The summed E-state index contributed by atoms with van der Waals surface area (Å²) in [5.41, 5.74) is 3.56. The standard InChI is InChI=1S/C24H20FN3O2/c1-17-7-10-20(23-26-13-14-27-23)15-22(17)28(24(29)19-5-3-2-4-6-19)30-16-18-8-11-21(25)12-9-18/h2-15H,16H2,1H3,(H,26,27). The van der Waals surface area contributed by atoms with Crippen molar-refractivity contribution in [3.8, 4) is 11.4 Å². The monoisotopic (exact) mass is 401 g/mol. The molecule has 0 unspecified atom stereocenters. The van der Waals surface area contributed by atoms with Crippen LogP contribution in [0.3, 0.4) is 0 Å². The number of aromatic amines is 1. The molecule has 0 aliphatic rings. The topological polar surface area (TPSA) is 58.2 Å². The SMILES string of the molecule is Cc1ccc(-c2ncc[nH]2)cc1N(OCc1ccc(F)cc1)C(=O)c1ccccc1. The number of carbonyl (C=O) groups is 1. The maximum atomic E-state index is 13.3. The summed E-state index contributed by atoms with van der Waals surface area (Å²) in [4.78, 5) is 26.6. The Balaban J connectivity index is 1.70. The molecule has 30 heavy (non-hydrogen) atoms. The molecule has 3 aromatic carbocycles. The van der Waals surface area contributed by atoms with Gasteiger partial charge in [0.05, 0.1) is 5.69 Å². The number of aromatic nitrogens is 2. The molecule has 4 rings (SSSR count). The number of nitrogens with zero attached hydrogens (tertiary/aromatic N) is 2. The summed E-state index contributed by atoms with van der Waals surface area (Å²) >= 11 is 0. The summed E-state index contributed by atoms with van der Waals surface area (Å²) in [6.07, 6.45) is 3.42. The fourth-order valence-corrected chi connectivity index (χ4v) is 3.05. The van der Waals surface area contributed by atoms with E-state index in [4.69, 9.17) is 4.84 Å². The van der Waals surface area contributed by atoms with Crippen molar-refractivity contribution in [2.45, 2.75) is 13.5 Å². The van der Waals surface area contributed by atoms with Gasteiger partial charge in [-0.15, -0.1) is 0 Å². The Morgan fingerprint density at radius 3 is 2.53 bits per heavy atom. The van der Waals surface area contributed by atoms with Gasteiger partial charge in [0.15, 0.2) is 0 Å². The molecular formula is C24H20FN3O2. The number of hydroxylamine groups is 1. The summed E-state index contributed by atoms with van der Waals surface area (Å²) < 4.78 is 13.2. The number of anilines is 1. The van der Waals surface area contributed by atoms with Gasteiger partial charge in [0.1, 0.15) is 18.2 Å². The predicted molar refractivity (Wildman–Crippen MR) is 113 cm³/mol. The van der Waals surface area contributed by atoms with Crippen LogP contribution >= 0.6 is 0 Å². The molecule has 1 aromatic heterocycles. The van der Waals surface area contributed by atoms with Gasteiger partial charge in [-0.3, -0.25) is 9.63 Å². The molecule has 1 N–H and O–H groups in total. The highest BCUT2D eigenvalue weighted by atomic mass is 19.1. The van der Waals surface area contributed by atoms with Crippen molar-refractivity contribution in [3.05, 3.63) is 108 Å². The number of benzene rings is 3. The maximum absolute atomic E-state index is 13.3. The second-order valence-electron chi connectivity index (χ2n) is 6.80. The molecule has 0 saturated carbocycles. The zero-order valence-electron chi connectivity index (χ0n) is 16.4. The summed E-state index contributed by atoms with van der Waals surface area (Å²) in [5.74, 6) is 0.0808. The molecule has 0 atom stereocenters. The van der Waals surface area contributed by atoms with Crippen molar-refractivity contribution in [1.82, 2.24) is 9.97 Å². The second-order valence-corrected chi connectivity index (χ2v) is 6.80. The van der Waals surface area contributed by atoms with Crippen LogP contribution < -0.4 is 5.06 Å². The first-order valence-electron chi connectivity index (χ1n) is 9.49. The molecule has 1 amide bonds. The molecule has 5 nitrogen and oxygen atoms in total. The molecule has 0 fully saturated rings. The van der Waals surface area contributed by atoms with Crippen molar-refractivity contribution in [2.24, 2.45) is 0 Å². The van der Waals surface area contributed by atoms with E-state index in [-0.39, 0.29) is 18.3 Å². The van der Waals surface area contributed by atoms with Crippen molar-refractivity contribution in [2.75, 3.05) is 5.06 Å². The lowest BCUT2D eigenvalue weighted by atomic mass is 10.1. The van der Waals surface area contributed by atoms with Gasteiger partial charge in [-0.2, -0.15) is 5.06 Å². The van der Waals surface area contributed by atoms with E-state index in [1.54, 1.807) is 48.8 Å². The first-order valence-corrected chi connectivity index (χ1v) is 9.49. The zero-order chi connectivity index (χ0) is 20.9. The van der Waals surface area contributed by atoms with Gasteiger partial charge in [0.25, 0.3) is 5.91 Å². The third kappa shape index (κ3) is 4.29. The lowest BCUT2D eigenvalue weighted by Gasteiger charge is -2.24. The third-order valence-electron chi connectivity index (χ3n) is 4.68. The minimum absolute atomic E-state index is 0.114. The Kier molecular flexibility index (Phi) is 5.68. The molecule has 6 heteroatoms. The number of carbonyl (C=O) groups excluding carboxylic acids is 1. The smallest absolute Gasteiger partial charge is 0.282 e. The normalized spacial score (nSPS) is 10.7. The highest BCUT2D eigenvalue weighted by Crippen LogP contribution is 2.28. The fourth-order valence-electron chi connectivity index (χ4n) is 3.05. The molecule has 0 spiro atoms. The van der Waals surface area contributed by atoms with E-state index in [1.807, 2.05) is 31.2 Å². The van der Waals surface area contributed by atoms with Crippen LogP contribution in [0.25, 0.3) is 11.4 Å². The van der Waals surface area contributed by atoms with E-state index in [0.717, 1.165) is 16.7 Å². The van der Waals surface area contributed by atoms with Crippen LogP contribution in [0.1, 0.15) is 21.5 Å². The van der Waals surface area contributed by atoms with Crippen LogP contribution in [0.2, 0.25) is 0 Å². The van der Waals surface area contributed by atoms with Crippen LogP contribution in [-0.4, -0.2) is 15.9 Å². The number of hydrogen-bond donors (Lipinski definition) is 1. The quantitative estimate of drug-likeness (QED) is 0.446. The second kappa shape index (κ2) is 8.71. The van der Waals surface area contributed by atoms with Crippen molar-refractivity contribution in [3.63, 3.8) is 0 Å². The van der Waals surface area contributed by atoms with E-state index in [0.29, 0.717) is 17.1 Å². The fraction of sp³-hybridized carbons (Fsp3) is 0.0833. The Morgan fingerprint density at radius 1 is 1.07 bits per heavy atom. The number of rotatable bonds is 6. The van der Waals surface area contributed by atoms with E-state index < -0.39 is 0 Å². The van der Waals surface area contributed by atoms with E-state index in [9.17, 15) is 9.18 Å². The summed E-state index contributed by atoms with van der Waals surface area (Å²) in [5, 5.41) is 1.29. The van der Waals surface area contributed by atoms with E-state index in [2.05, 4.69) is 9.97 Å². The minimum atomic E-state index is -0.321. The van der Waals surface area contributed by atoms with Crippen LogP contribution in [0.4, 0.5) is 10.1 Å². The molecular weight excluding hydrogens is 381 g/mol. The van der Waals surface area contributed by atoms with Gasteiger partial charge in [-0.1, -0.05) is 42.5 Å². The Morgan fingerprint density at radius 2 is 1.83 bits per heavy atom. The maximum Gasteiger partial charge on any atom is 0.282 e. The Bertz CT molecular complexity index is 1130. The van der Waals surface area contributed by atoms with Crippen LogP contribution in [-0.2, 0) is 11.4 Å². The molecule has 0 radical (unpaired) electrons. The summed E-state index contributed by atoms with van der Waals surface area (Å²) in [6, 6.07) is 20.6. The first kappa shape index (κ1) is 19.5. The van der Waals surface area contributed by atoms with Gasteiger partial charge < -0.3 is 4.98 Å². The van der Waals surface area contributed by atoms with E-state index in [1.165, 1.54) is 17.2 Å². The molecule has 0 aliphatic carbocycles. The Labute approximate surface area is 173 Å². The number of halogens is 1. The molecule has 150 valence electrons.